The second-order valence-corrected chi connectivity index (χ2v) is 7.37. The van der Waals surface area contributed by atoms with Gasteiger partial charge >= 0.3 is 5.91 Å². The van der Waals surface area contributed by atoms with E-state index >= 15 is 0 Å². The average Bonchev–Trinajstić information content (AvgIpc) is 3.37. The number of amides is 1. The first-order valence-corrected chi connectivity index (χ1v) is 10.1. The van der Waals surface area contributed by atoms with Gasteiger partial charge in [-0.15, -0.1) is 10.2 Å². The fourth-order valence-corrected chi connectivity index (χ4v) is 3.94. The number of ether oxygens (including phenoxy) is 1. The molecule has 1 fully saturated rings. The summed E-state index contributed by atoms with van der Waals surface area (Å²) in [5.41, 5.74) is 1.79. The molecule has 0 spiro atoms. The highest BCUT2D eigenvalue weighted by atomic mass is 32.1. The average molecular weight is 441 g/mol. The van der Waals surface area contributed by atoms with Gasteiger partial charge in [-0.3, -0.25) is 14.5 Å². The molecular weight excluding hydrogens is 425 g/mol. The number of ketones is 1. The number of hydrogen-bond acceptors (Lipinski definition) is 8. The Morgan fingerprint density at radius 2 is 1.97 bits per heavy atom. The molecule has 1 amide bonds. The molecule has 2 N–H and O–H groups in total. The summed E-state index contributed by atoms with van der Waals surface area (Å²) in [6.07, 6.45) is 0. The number of Topliss-reactive ketones (excluding diaryl/α,β-unsaturated/α-hetero) is 1. The maximum absolute atomic E-state index is 13.3. The van der Waals surface area contributed by atoms with Crippen LogP contribution >= 0.6 is 11.3 Å². The number of aromatic hydroxyl groups is 1. The van der Waals surface area contributed by atoms with E-state index < -0.39 is 29.3 Å². The lowest BCUT2D eigenvalue weighted by Gasteiger charge is -2.23. The third-order valence-corrected chi connectivity index (χ3v) is 5.40. The molecule has 1 saturated heterocycles. The monoisotopic (exact) mass is 441 g/mol. The topological polar surface area (TPSA) is 113 Å². The number of aromatic nitrogens is 2. The van der Waals surface area contributed by atoms with E-state index in [1.807, 2.05) is 0 Å². The largest absolute Gasteiger partial charge is 0.507 e. The highest BCUT2D eigenvalue weighted by molar-refractivity contribution is 7.13. The normalized spacial score (nSPS) is 17.9. The predicted molar refractivity (Wildman–Crippen MR) is 110 cm³/mol. The Hall–Kier alpha value is -3.79. The number of aliphatic hydroxyl groups is 1. The smallest absolute Gasteiger partial charge is 0.301 e. The fraction of sp³-hybridized carbons (Fsp3) is 0.143. The van der Waals surface area contributed by atoms with Crippen molar-refractivity contribution in [2.24, 2.45) is 0 Å². The summed E-state index contributed by atoms with van der Waals surface area (Å²) in [4.78, 5) is 27.0. The Balaban J connectivity index is 1.94. The minimum atomic E-state index is -1.06. The summed E-state index contributed by atoms with van der Waals surface area (Å²) in [7, 11) is 0. The summed E-state index contributed by atoms with van der Waals surface area (Å²) < 4.78 is 18.8. The van der Waals surface area contributed by atoms with Crippen molar-refractivity contribution < 1.29 is 28.9 Å². The summed E-state index contributed by atoms with van der Waals surface area (Å²) in [6, 6.07) is 8.21. The standard InChI is InChI=1S/C21H16FN3O5S/c1-2-30-15-9-12(5-8-14(15)26)17-16(18(27)11-3-6-13(22)7-4-11)19(28)20(29)25(17)21-24-23-10-31-21/h3-10,17,26-27H,2H2,1H3/t17-/m1/s1. The van der Waals surface area contributed by atoms with Crippen LogP contribution in [0.5, 0.6) is 11.5 Å². The van der Waals surface area contributed by atoms with E-state index in [1.165, 1.54) is 35.8 Å². The third-order valence-electron chi connectivity index (χ3n) is 4.72. The molecule has 0 bridgehead atoms. The lowest BCUT2D eigenvalue weighted by atomic mass is 9.95. The van der Waals surface area contributed by atoms with Crippen LogP contribution in [-0.2, 0) is 9.59 Å². The van der Waals surface area contributed by atoms with Crippen LogP contribution in [-0.4, -0.2) is 38.7 Å². The van der Waals surface area contributed by atoms with Crippen LogP contribution in [0, 0.1) is 5.82 Å². The molecule has 10 heteroatoms. The number of rotatable bonds is 5. The van der Waals surface area contributed by atoms with Crippen molar-refractivity contribution in [3.63, 3.8) is 0 Å². The number of benzene rings is 2. The summed E-state index contributed by atoms with van der Waals surface area (Å²) in [5.74, 6) is -2.74. The van der Waals surface area contributed by atoms with Gasteiger partial charge < -0.3 is 14.9 Å². The Morgan fingerprint density at radius 3 is 2.61 bits per heavy atom. The summed E-state index contributed by atoms with van der Waals surface area (Å²) in [6.45, 7) is 2.02. The maximum atomic E-state index is 13.3. The number of halogens is 1. The van der Waals surface area contributed by atoms with E-state index in [-0.39, 0.29) is 34.4 Å². The van der Waals surface area contributed by atoms with Gasteiger partial charge in [-0.2, -0.15) is 0 Å². The zero-order valence-electron chi connectivity index (χ0n) is 16.2. The van der Waals surface area contributed by atoms with Crippen molar-refractivity contribution in [3.8, 4) is 11.5 Å². The molecule has 0 saturated carbocycles. The SMILES string of the molecule is CCOc1cc([C@@H]2C(=C(O)c3ccc(F)cc3)C(=O)C(=O)N2c2nncs2)ccc1O. The molecule has 2 aromatic carbocycles. The molecule has 0 unspecified atom stereocenters. The molecular formula is C21H16FN3O5S. The second-order valence-electron chi connectivity index (χ2n) is 6.56. The van der Waals surface area contributed by atoms with Crippen molar-refractivity contribution in [2.75, 3.05) is 11.5 Å². The van der Waals surface area contributed by atoms with Crippen molar-refractivity contribution in [1.82, 2.24) is 10.2 Å². The van der Waals surface area contributed by atoms with Crippen molar-refractivity contribution >= 4 is 33.9 Å². The molecule has 1 atom stereocenters. The Kier molecular flexibility index (Phi) is 5.38. The predicted octanol–water partition coefficient (Wildman–Crippen LogP) is 3.41. The van der Waals surface area contributed by atoms with Gasteiger partial charge in [-0.05, 0) is 48.9 Å². The number of phenolic OH excluding ortho intramolecular Hbond substituents is 1. The highest BCUT2D eigenvalue weighted by Crippen LogP contribution is 2.44. The maximum Gasteiger partial charge on any atom is 0.301 e. The zero-order chi connectivity index (χ0) is 22.1. The summed E-state index contributed by atoms with van der Waals surface area (Å²) in [5, 5.41) is 28.8. The van der Waals surface area contributed by atoms with E-state index in [2.05, 4.69) is 10.2 Å². The minimum Gasteiger partial charge on any atom is -0.507 e. The van der Waals surface area contributed by atoms with Gasteiger partial charge in [0.05, 0.1) is 18.2 Å². The van der Waals surface area contributed by atoms with E-state index in [0.29, 0.717) is 5.56 Å². The van der Waals surface area contributed by atoms with E-state index in [4.69, 9.17) is 4.74 Å². The van der Waals surface area contributed by atoms with Crippen LogP contribution in [0.2, 0.25) is 0 Å². The van der Waals surface area contributed by atoms with Crippen LogP contribution in [0.4, 0.5) is 9.52 Å². The number of nitrogens with zero attached hydrogens (tertiary/aromatic N) is 3. The molecule has 0 aliphatic carbocycles. The Labute approximate surface area is 179 Å². The number of phenols is 1. The molecule has 4 rings (SSSR count). The highest BCUT2D eigenvalue weighted by Gasteiger charge is 2.48. The van der Waals surface area contributed by atoms with Gasteiger partial charge in [0.25, 0.3) is 5.78 Å². The number of carbonyl (C=O) groups excluding carboxylic acids is 2. The number of carbonyl (C=O) groups is 2. The van der Waals surface area contributed by atoms with Gasteiger partial charge in [0.2, 0.25) is 5.13 Å². The number of hydrogen-bond donors (Lipinski definition) is 2. The van der Waals surface area contributed by atoms with Gasteiger partial charge in [-0.1, -0.05) is 17.4 Å². The number of anilines is 1. The quantitative estimate of drug-likeness (QED) is 0.354. The zero-order valence-corrected chi connectivity index (χ0v) is 17.0. The third kappa shape index (κ3) is 3.61. The number of aliphatic hydroxyl groups excluding tert-OH is 1. The molecule has 8 nitrogen and oxygen atoms in total. The van der Waals surface area contributed by atoms with E-state index in [9.17, 15) is 24.2 Å². The van der Waals surface area contributed by atoms with Gasteiger partial charge in [0, 0.05) is 5.56 Å². The lowest BCUT2D eigenvalue weighted by Crippen LogP contribution is -2.29. The first kappa shape index (κ1) is 20.5. The molecule has 1 aliphatic heterocycles. The minimum absolute atomic E-state index is 0.114. The first-order valence-electron chi connectivity index (χ1n) is 9.21. The van der Waals surface area contributed by atoms with Gasteiger partial charge in [-0.25, -0.2) is 4.39 Å². The van der Waals surface area contributed by atoms with Crippen LogP contribution in [0.3, 0.4) is 0 Å². The molecule has 1 aromatic heterocycles. The van der Waals surface area contributed by atoms with Crippen LogP contribution < -0.4 is 9.64 Å². The van der Waals surface area contributed by atoms with Crippen molar-refractivity contribution in [1.29, 1.82) is 0 Å². The molecule has 158 valence electrons. The fourth-order valence-electron chi connectivity index (χ4n) is 3.35. The van der Waals surface area contributed by atoms with Crippen LogP contribution in [0.15, 0.2) is 53.5 Å². The van der Waals surface area contributed by atoms with Crippen molar-refractivity contribution in [2.45, 2.75) is 13.0 Å². The van der Waals surface area contributed by atoms with Crippen LogP contribution in [0.1, 0.15) is 24.1 Å². The molecule has 1 aliphatic rings. The molecule has 0 radical (unpaired) electrons. The van der Waals surface area contributed by atoms with Gasteiger partial charge in [0.15, 0.2) is 11.5 Å². The van der Waals surface area contributed by atoms with Crippen molar-refractivity contribution in [3.05, 3.63) is 70.5 Å². The Morgan fingerprint density at radius 1 is 1.23 bits per heavy atom. The summed E-state index contributed by atoms with van der Waals surface area (Å²) >= 11 is 1.05. The van der Waals surface area contributed by atoms with E-state index in [0.717, 1.165) is 28.4 Å². The van der Waals surface area contributed by atoms with E-state index in [1.54, 1.807) is 6.92 Å². The second kappa shape index (κ2) is 8.15. The first-order chi connectivity index (χ1) is 14.9. The van der Waals surface area contributed by atoms with Gasteiger partial charge in [0.1, 0.15) is 17.1 Å². The van der Waals surface area contributed by atoms with Crippen LogP contribution in [0.25, 0.3) is 5.76 Å². The Bertz CT molecular complexity index is 1180. The molecule has 31 heavy (non-hydrogen) atoms. The lowest BCUT2D eigenvalue weighted by molar-refractivity contribution is -0.132. The molecule has 3 aromatic rings. The molecule has 2 heterocycles.